The molecule has 3 amide bonds. The van der Waals surface area contributed by atoms with Gasteiger partial charge in [-0.3, -0.25) is 29.1 Å². The standard InChI is InChI=1S/C16H12N4O4/c17-13-12-10(15(23)19-16(12)24)6-11(21)20(13)8-2-1-7-3-4-18-14(22)9(7)5-8/h1-2,5-6H,3-4,17H2,(H,18,22)(H,19,23,24). The van der Waals surface area contributed by atoms with Gasteiger partial charge in [0.05, 0.1) is 16.8 Å². The zero-order valence-electron chi connectivity index (χ0n) is 12.4. The Morgan fingerprint density at radius 2 is 1.75 bits per heavy atom. The van der Waals surface area contributed by atoms with Crippen LogP contribution in [-0.4, -0.2) is 28.8 Å². The van der Waals surface area contributed by atoms with E-state index in [1.165, 1.54) is 0 Å². The van der Waals surface area contributed by atoms with E-state index in [0.717, 1.165) is 16.2 Å². The molecule has 2 aliphatic rings. The molecule has 2 aliphatic heterocycles. The monoisotopic (exact) mass is 324 g/mol. The minimum atomic E-state index is -0.643. The molecule has 8 heteroatoms. The van der Waals surface area contributed by atoms with Crippen LogP contribution in [0.5, 0.6) is 0 Å². The molecular weight excluding hydrogens is 312 g/mol. The summed E-state index contributed by atoms with van der Waals surface area (Å²) in [7, 11) is 0. The molecule has 0 saturated carbocycles. The highest BCUT2D eigenvalue weighted by molar-refractivity contribution is 6.23. The van der Waals surface area contributed by atoms with Gasteiger partial charge in [0.25, 0.3) is 23.3 Å². The van der Waals surface area contributed by atoms with Crippen molar-refractivity contribution in [3.05, 3.63) is 56.9 Å². The number of nitrogens with zero attached hydrogens (tertiary/aromatic N) is 1. The lowest BCUT2D eigenvalue weighted by molar-refractivity contribution is 0.0878. The third kappa shape index (κ3) is 1.86. The van der Waals surface area contributed by atoms with E-state index in [1.54, 1.807) is 18.2 Å². The predicted octanol–water partition coefficient (Wildman–Crippen LogP) is -0.411. The summed E-state index contributed by atoms with van der Waals surface area (Å²) in [6.07, 6.45) is 0.701. The van der Waals surface area contributed by atoms with Crippen LogP contribution < -0.4 is 21.9 Å². The van der Waals surface area contributed by atoms with Crippen LogP contribution in [0.4, 0.5) is 5.82 Å². The second-order valence-electron chi connectivity index (χ2n) is 5.62. The molecule has 0 bridgehead atoms. The van der Waals surface area contributed by atoms with Crippen molar-refractivity contribution in [2.24, 2.45) is 0 Å². The molecule has 4 N–H and O–H groups in total. The molecule has 0 radical (unpaired) electrons. The molecule has 1 aromatic carbocycles. The summed E-state index contributed by atoms with van der Waals surface area (Å²) >= 11 is 0. The van der Waals surface area contributed by atoms with Gasteiger partial charge in [0, 0.05) is 18.2 Å². The minimum absolute atomic E-state index is 0.0261. The van der Waals surface area contributed by atoms with E-state index in [1.807, 2.05) is 0 Å². The quantitative estimate of drug-likeness (QED) is 0.615. The van der Waals surface area contributed by atoms with E-state index in [2.05, 4.69) is 10.6 Å². The highest BCUT2D eigenvalue weighted by atomic mass is 16.2. The molecule has 0 fully saturated rings. The molecule has 8 nitrogen and oxygen atoms in total. The summed E-state index contributed by atoms with van der Waals surface area (Å²) in [6, 6.07) is 6.05. The number of rotatable bonds is 1. The Morgan fingerprint density at radius 3 is 2.54 bits per heavy atom. The number of amides is 3. The first-order valence-corrected chi connectivity index (χ1v) is 7.30. The summed E-state index contributed by atoms with van der Waals surface area (Å²) in [5, 5.41) is 4.85. The van der Waals surface area contributed by atoms with E-state index in [9.17, 15) is 19.2 Å². The van der Waals surface area contributed by atoms with Crippen LogP contribution >= 0.6 is 0 Å². The fourth-order valence-corrected chi connectivity index (χ4v) is 3.08. The van der Waals surface area contributed by atoms with Gasteiger partial charge < -0.3 is 11.1 Å². The summed E-state index contributed by atoms with van der Waals surface area (Å²) in [5.74, 6) is -1.64. The van der Waals surface area contributed by atoms with Gasteiger partial charge in [-0.05, 0) is 24.1 Å². The number of fused-ring (bicyclic) bond motifs is 2. The van der Waals surface area contributed by atoms with Gasteiger partial charge in [-0.1, -0.05) is 6.07 Å². The highest BCUT2D eigenvalue weighted by Gasteiger charge is 2.32. The SMILES string of the molecule is Nc1c2c(cc(=O)n1-c1ccc3c(c1)C(=O)NCC3)C(=O)NC2=O. The second kappa shape index (κ2) is 4.79. The second-order valence-corrected chi connectivity index (χ2v) is 5.62. The van der Waals surface area contributed by atoms with E-state index < -0.39 is 17.4 Å². The molecule has 0 saturated heterocycles. The van der Waals surface area contributed by atoms with E-state index in [4.69, 9.17) is 5.73 Å². The number of aromatic nitrogens is 1. The molecule has 1 aromatic heterocycles. The van der Waals surface area contributed by atoms with Crippen LogP contribution in [0.25, 0.3) is 5.69 Å². The first-order chi connectivity index (χ1) is 11.5. The lowest BCUT2D eigenvalue weighted by atomic mass is 9.99. The lowest BCUT2D eigenvalue weighted by Crippen LogP contribution is -2.32. The Bertz CT molecular complexity index is 1010. The maximum absolute atomic E-state index is 12.4. The summed E-state index contributed by atoms with van der Waals surface area (Å²) in [5.41, 5.74) is 7.08. The van der Waals surface area contributed by atoms with Gasteiger partial charge in [-0.15, -0.1) is 0 Å². The van der Waals surface area contributed by atoms with Crippen molar-refractivity contribution >= 4 is 23.5 Å². The molecule has 120 valence electrons. The minimum Gasteiger partial charge on any atom is -0.384 e. The predicted molar refractivity (Wildman–Crippen MR) is 84.3 cm³/mol. The van der Waals surface area contributed by atoms with Gasteiger partial charge >= 0.3 is 0 Å². The smallest absolute Gasteiger partial charge is 0.262 e. The largest absolute Gasteiger partial charge is 0.384 e. The summed E-state index contributed by atoms with van der Waals surface area (Å²) < 4.78 is 1.12. The molecule has 2 aromatic rings. The van der Waals surface area contributed by atoms with Gasteiger partial charge in [-0.2, -0.15) is 0 Å². The van der Waals surface area contributed by atoms with Gasteiger partial charge in [0.1, 0.15) is 5.82 Å². The average molecular weight is 324 g/mol. The highest BCUT2D eigenvalue weighted by Crippen LogP contribution is 2.24. The van der Waals surface area contributed by atoms with E-state index in [0.29, 0.717) is 24.2 Å². The van der Waals surface area contributed by atoms with E-state index in [-0.39, 0.29) is 22.9 Å². The fourth-order valence-electron chi connectivity index (χ4n) is 3.08. The first-order valence-electron chi connectivity index (χ1n) is 7.30. The number of imide groups is 1. The van der Waals surface area contributed by atoms with Crippen LogP contribution in [0.2, 0.25) is 0 Å². The Hall–Kier alpha value is -3.42. The van der Waals surface area contributed by atoms with Gasteiger partial charge in [0.2, 0.25) is 0 Å². The number of nitrogen functional groups attached to an aromatic ring is 1. The normalized spacial score (nSPS) is 15.6. The maximum atomic E-state index is 12.4. The Kier molecular flexibility index (Phi) is 2.83. The number of hydrogen-bond acceptors (Lipinski definition) is 5. The molecule has 3 heterocycles. The van der Waals surface area contributed by atoms with Crippen LogP contribution in [0.15, 0.2) is 29.1 Å². The molecular formula is C16H12N4O4. The van der Waals surface area contributed by atoms with Crippen molar-refractivity contribution in [2.75, 3.05) is 12.3 Å². The topological polar surface area (TPSA) is 123 Å². The zero-order chi connectivity index (χ0) is 17.0. The number of carbonyl (C=O) groups is 3. The molecule has 24 heavy (non-hydrogen) atoms. The number of hydrogen-bond donors (Lipinski definition) is 3. The van der Waals surface area contributed by atoms with E-state index >= 15 is 0 Å². The number of nitrogens with two attached hydrogens (primary N) is 1. The number of anilines is 1. The van der Waals surface area contributed by atoms with Crippen LogP contribution in [0.3, 0.4) is 0 Å². The first kappa shape index (κ1) is 14.2. The number of pyridine rings is 1. The molecule has 0 spiro atoms. The van der Waals surface area contributed by atoms with Crippen molar-refractivity contribution in [1.82, 2.24) is 15.2 Å². The third-order valence-corrected chi connectivity index (χ3v) is 4.23. The summed E-state index contributed by atoms with van der Waals surface area (Å²) in [4.78, 5) is 47.9. The van der Waals surface area contributed by atoms with Crippen LogP contribution in [-0.2, 0) is 6.42 Å². The van der Waals surface area contributed by atoms with Crippen LogP contribution in [0, 0.1) is 0 Å². The Balaban J connectivity index is 1.96. The Labute approximate surface area is 135 Å². The molecule has 0 atom stereocenters. The third-order valence-electron chi connectivity index (χ3n) is 4.23. The lowest BCUT2D eigenvalue weighted by Gasteiger charge is -2.18. The van der Waals surface area contributed by atoms with Gasteiger partial charge in [0.15, 0.2) is 0 Å². The number of nitrogens with one attached hydrogen (secondary N) is 2. The Morgan fingerprint density at radius 1 is 0.958 bits per heavy atom. The molecule has 0 unspecified atom stereocenters. The maximum Gasteiger partial charge on any atom is 0.262 e. The average Bonchev–Trinajstić information content (AvgIpc) is 2.82. The van der Waals surface area contributed by atoms with Crippen molar-refractivity contribution in [1.29, 1.82) is 0 Å². The van der Waals surface area contributed by atoms with Crippen molar-refractivity contribution in [3.63, 3.8) is 0 Å². The van der Waals surface area contributed by atoms with Gasteiger partial charge in [-0.25, -0.2) is 0 Å². The van der Waals surface area contributed by atoms with Crippen molar-refractivity contribution < 1.29 is 14.4 Å². The summed E-state index contributed by atoms with van der Waals surface area (Å²) in [6.45, 7) is 0.564. The number of carbonyl (C=O) groups excluding carboxylic acids is 3. The van der Waals surface area contributed by atoms with Crippen molar-refractivity contribution in [3.8, 4) is 5.69 Å². The number of benzene rings is 1. The zero-order valence-corrected chi connectivity index (χ0v) is 12.4. The van der Waals surface area contributed by atoms with Crippen LogP contribution in [0.1, 0.15) is 36.6 Å². The fraction of sp³-hybridized carbons (Fsp3) is 0.125. The van der Waals surface area contributed by atoms with Crippen molar-refractivity contribution in [2.45, 2.75) is 6.42 Å². The molecule has 4 rings (SSSR count). The molecule has 0 aliphatic carbocycles.